The maximum absolute atomic E-state index is 10.6. The molecule has 11 nitrogen and oxygen atoms in total. The van der Waals surface area contributed by atoms with E-state index in [0.717, 1.165) is 38.7 Å². The van der Waals surface area contributed by atoms with Crippen molar-refractivity contribution in [1.82, 2.24) is 24.7 Å². The molecule has 210 valence electrons. The third kappa shape index (κ3) is 5.58. The molecule has 4 aromatic rings. The summed E-state index contributed by atoms with van der Waals surface area (Å²) in [4.78, 5) is 24.6. The number of nitrogens with zero attached hydrogens (tertiary/aromatic N) is 7. The highest BCUT2D eigenvalue weighted by Gasteiger charge is 2.38. The highest BCUT2D eigenvalue weighted by Crippen LogP contribution is 2.41. The predicted molar refractivity (Wildman–Crippen MR) is 142 cm³/mol. The first-order chi connectivity index (χ1) is 18.8. The highest BCUT2D eigenvalue weighted by molar-refractivity contribution is 7.16. The van der Waals surface area contributed by atoms with E-state index in [1.165, 1.54) is 17.7 Å². The Morgan fingerprint density at radius 3 is 2.65 bits per heavy atom. The minimum Gasteiger partial charge on any atom is -0.491 e. The first-order valence-corrected chi connectivity index (χ1v) is 12.8. The van der Waals surface area contributed by atoms with Gasteiger partial charge in [-0.1, -0.05) is 22.9 Å². The Labute approximate surface area is 234 Å². The molecule has 1 unspecified atom stereocenters. The van der Waals surface area contributed by atoms with Crippen LogP contribution in [0.25, 0.3) is 11.0 Å². The zero-order valence-corrected chi connectivity index (χ0v) is 22.9. The summed E-state index contributed by atoms with van der Waals surface area (Å²) in [6, 6.07) is 3.89. The molecule has 0 saturated carbocycles. The Bertz CT molecular complexity index is 1630. The number of hydrogen-bond acceptors (Lipinski definition) is 10. The molecule has 3 N–H and O–H groups in total. The van der Waals surface area contributed by atoms with Crippen molar-refractivity contribution in [3.8, 4) is 11.8 Å². The number of ether oxygens (including phenoxy) is 1. The average molecular weight is 595 g/mol. The highest BCUT2D eigenvalue weighted by atomic mass is 35.5. The fourth-order valence-corrected chi connectivity index (χ4v) is 5.16. The van der Waals surface area contributed by atoms with Crippen LogP contribution in [-0.2, 0) is 11.3 Å². The molecule has 16 heteroatoms. The van der Waals surface area contributed by atoms with Gasteiger partial charge in [0.2, 0.25) is 0 Å². The van der Waals surface area contributed by atoms with Crippen molar-refractivity contribution in [3.63, 3.8) is 0 Å². The molecular formula is C24H22ClF3N8O3S. The third-order valence-electron chi connectivity index (χ3n) is 6.21. The Balaban J connectivity index is 0.000000470. The van der Waals surface area contributed by atoms with Crippen LogP contribution in [0.4, 0.5) is 24.1 Å². The molecule has 0 bridgehead atoms. The molecule has 0 saturated heterocycles. The van der Waals surface area contributed by atoms with E-state index in [0.29, 0.717) is 41.1 Å². The number of anilines is 2. The molecule has 1 aliphatic heterocycles. The lowest BCUT2D eigenvalue weighted by Crippen LogP contribution is -2.25. The number of alkyl halides is 3. The molecule has 4 heterocycles. The summed E-state index contributed by atoms with van der Waals surface area (Å²) in [5.74, 6) is -1.55. The molecule has 3 aromatic heterocycles. The van der Waals surface area contributed by atoms with Gasteiger partial charge in [-0.25, -0.2) is 24.4 Å². The second kappa shape index (κ2) is 11.1. The van der Waals surface area contributed by atoms with E-state index >= 15 is 0 Å². The van der Waals surface area contributed by atoms with Gasteiger partial charge in [0.05, 0.1) is 29.9 Å². The summed E-state index contributed by atoms with van der Waals surface area (Å²) < 4.78 is 39.9. The number of carboxylic acids is 1. The first-order valence-electron chi connectivity index (χ1n) is 11.6. The zero-order valence-electron chi connectivity index (χ0n) is 21.3. The van der Waals surface area contributed by atoms with E-state index in [2.05, 4.69) is 25.9 Å². The van der Waals surface area contributed by atoms with Crippen LogP contribution in [0.5, 0.6) is 5.75 Å². The minimum absolute atomic E-state index is 0.209. The van der Waals surface area contributed by atoms with Crippen LogP contribution in [0.2, 0.25) is 5.02 Å². The topological polar surface area (TPSA) is 156 Å². The van der Waals surface area contributed by atoms with Crippen LogP contribution in [0.1, 0.15) is 40.2 Å². The fraction of sp³-hybridized carbons (Fsp3) is 0.333. The van der Waals surface area contributed by atoms with Crippen LogP contribution in [0.3, 0.4) is 0 Å². The van der Waals surface area contributed by atoms with Crippen molar-refractivity contribution in [2.75, 3.05) is 23.8 Å². The quantitative estimate of drug-likeness (QED) is 0.342. The molecule has 0 aliphatic carbocycles. The second-order valence-corrected chi connectivity index (χ2v) is 10.2. The molecule has 1 aliphatic rings. The summed E-state index contributed by atoms with van der Waals surface area (Å²) in [5.41, 5.74) is 10.4. The molecule has 0 spiro atoms. The fourth-order valence-electron chi connectivity index (χ4n) is 4.20. The van der Waals surface area contributed by atoms with Crippen LogP contribution in [0, 0.1) is 25.2 Å². The number of fused-ring (bicyclic) bond motifs is 2. The first kappa shape index (κ1) is 28.8. The number of benzene rings is 1. The Morgan fingerprint density at radius 2 is 2.02 bits per heavy atom. The van der Waals surface area contributed by atoms with Gasteiger partial charge in [-0.2, -0.15) is 23.5 Å². The molecular weight excluding hydrogens is 573 g/mol. The number of nitrogen functional groups attached to an aromatic ring is 1. The van der Waals surface area contributed by atoms with E-state index in [4.69, 9.17) is 37.1 Å². The van der Waals surface area contributed by atoms with Gasteiger partial charge >= 0.3 is 12.1 Å². The Kier molecular flexibility index (Phi) is 8.03. The van der Waals surface area contributed by atoms with E-state index in [9.17, 15) is 18.4 Å². The van der Waals surface area contributed by atoms with Crippen molar-refractivity contribution in [1.29, 1.82) is 5.26 Å². The van der Waals surface area contributed by atoms with Crippen molar-refractivity contribution >= 4 is 50.9 Å². The number of carbonyl (C=O) groups is 1. The summed E-state index contributed by atoms with van der Waals surface area (Å²) in [7, 11) is 0. The monoisotopic (exact) mass is 594 g/mol. The van der Waals surface area contributed by atoms with E-state index in [-0.39, 0.29) is 6.04 Å². The average Bonchev–Trinajstić information content (AvgIpc) is 3.44. The van der Waals surface area contributed by atoms with Gasteiger partial charge in [0.25, 0.3) is 0 Å². The van der Waals surface area contributed by atoms with Gasteiger partial charge in [-0.15, -0.1) is 0 Å². The van der Waals surface area contributed by atoms with Gasteiger partial charge in [0.1, 0.15) is 35.4 Å². The van der Waals surface area contributed by atoms with E-state index in [1.807, 2.05) is 31.5 Å². The number of carboxylic acid groups (broad SMARTS) is 1. The number of hydrogen-bond donors (Lipinski definition) is 2. The number of thiazole rings is 1. The molecule has 0 fully saturated rings. The van der Waals surface area contributed by atoms with E-state index < -0.39 is 12.1 Å². The van der Waals surface area contributed by atoms with Crippen LogP contribution in [0.15, 0.2) is 18.6 Å². The van der Waals surface area contributed by atoms with Gasteiger partial charge in [-0.05, 0) is 32.4 Å². The lowest BCUT2D eigenvalue weighted by Gasteiger charge is -2.22. The lowest BCUT2D eigenvalue weighted by molar-refractivity contribution is -0.192. The van der Waals surface area contributed by atoms with Gasteiger partial charge in [-0.3, -0.25) is 0 Å². The van der Waals surface area contributed by atoms with E-state index in [1.54, 1.807) is 6.20 Å². The smallest absolute Gasteiger partial charge is 0.490 e. The molecule has 0 amide bonds. The Morgan fingerprint density at radius 1 is 1.32 bits per heavy atom. The molecule has 40 heavy (non-hydrogen) atoms. The van der Waals surface area contributed by atoms with Crippen molar-refractivity contribution in [2.24, 2.45) is 0 Å². The SMILES string of the molecule is Cc1c(Cl)cc(C(C)n2nc(C)c3c(N)ncnc32)c2c1CN(c1ncc(C#N)s1)CCO2.O=C(O)C(F)(F)F. The normalized spacial score (nSPS) is 13.9. The minimum atomic E-state index is -5.08. The predicted octanol–water partition coefficient (Wildman–Crippen LogP) is 4.65. The number of aryl methyl sites for hydroxylation is 1. The number of aliphatic carboxylic acids is 1. The van der Waals surface area contributed by atoms with Crippen molar-refractivity contribution in [3.05, 3.63) is 50.9 Å². The summed E-state index contributed by atoms with van der Waals surface area (Å²) in [6.45, 7) is 7.62. The van der Waals surface area contributed by atoms with Gasteiger partial charge in [0, 0.05) is 22.7 Å². The summed E-state index contributed by atoms with van der Waals surface area (Å²) in [6.07, 6.45) is -2.04. The maximum atomic E-state index is 10.6. The lowest BCUT2D eigenvalue weighted by atomic mass is 9.98. The molecule has 1 aromatic carbocycles. The van der Waals surface area contributed by atoms with Gasteiger partial charge in [0.15, 0.2) is 10.8 Å². The molecule has 5 rings (SSSR count). The number of halogens is 4. The van der Waals surface area contributed by atoms with Crippen LogP contribution in [-0.4, -0.2) is 55.1 Å². The maximum Gasteiger partial charge on any atom is 0.490 e. The molecule has 0 radical (unpaired) electrons. The third-order valence-corrected chi connectivity index (χ3v) is 7.57. The number of nitriles is 1. The van der Waals surface area contributed by atoms with Crippen LogP contribution < -0.4 is 15.4 Å². The zero-order chi connectivity index (χ0) is 29.4. The number of rotatable bonds is 3. The molecule has 1 atom stereocenters. The van der Waals surface area contributed by atoms with Crippen molar-refractivity contribution in [2.45, 2.75) is 39.5 Å². The second-order valence-electron chi connectivity index (χ2n) is 8.74. The largest absolute Gasteiger partial charge is 0.491 e. The van der Waals surface area contributed by atoms with Gasteiger partial charge < -0.3 is 20.5 Å². The standard InChI is InChI=1S/C22H21ClN8OS.C2HF3O2/c1-11-16-9-30(22-26-8-14(7-24)33-22)4-5-32-19(16)15(6-17(11)23)13(3)31-21-18(12(2)29-31)20(25)27-10-28-21;3-2(4,5)1(6)7/h6,8,10,13H,4-5,9H2,1-3H3,(H2,25,27,28);(H,6,7). The number of aromatic nitrogens is 5. The van der Waals surface area contributed by atoms with Crippen LogP contribution >= 0.6 is 22.9 Å². The van der Waals surface area contributed by atoms with Crippen molar-refractivity contribution < 1.29 is 27.8 Å². The summed E-state index contributed by atoms with van der Waals surface area (Å²) in [5, 5.41) is 23.2. The number of nitrogens with two attached hydrogens (primary N) is 1. The summed E-state index contributed by atoms with van der Waals surface area (Å²) >= 11 is 8.07. The Hall–Kier alpha value is -4.16.